The molecule has 0 aliphatic heterocycles. The number of amides is 1. The van der Waals surface area contributed by atoms with Gasteiger partial charge in [0.1, 0.15) is 17.9 Å². The van der Waals surface area contributed by atoms with Crippen LogP contribution in [0, 0.1) is 20.8 Å². The zero-order valence-corrected chi connectivity index (χ0v) is 24.4. The highest BCUT2D eigenvalue weighted by molar-refractivity contribution is 7.92. The van der Waals surface area contributed by atoms with Gasteiger partial charge in [-0.2, -0.15) is 5.10 Å². The number of nitrogens with one attached hydrogen (secondary N) is 1. The molecule has 0 bridgehead atoms. The Balaban J connectivity index is 1.68. The molecule has 3 aromatic carbocycles. The van der Waals surface area contributed by atoms with Crippen LogP contribution < -0.4 is 14.5 Å². The van der Waals surface area contributed by atoms with Gasteiger partial charge in [0.2, 0.25) is 0 Å². The zero-order valence-electron chi connectivity index (χ0n) is 23.6. The lowest BCUT2D eigenvalue weighted by Gasteiger charge is -2.25. The van der Waals surface area contributed by atoms with Crippen LogP contribution in [0.5, 0.6) is 5.75 Å². The number of aryl methyl sites for hydroxylation is 3. The summed E-state index contributed by atoms with van der Waals surface area (Å²) in [5.41, 5.74) is 5.50. The van der Waals surface area contributed by atoms with Crippen LogP contribution in [0.2, 0.25) is 0 Å². The van der Waals surface area contributed by atoms with Crippen molar-refractivity contribution in [3.8, 4) is 5.75 Å². The van der Waals surface area contributed by atoms with E-state index in [4.69, 9.17) is 9.47 Å². The molecule has 0 heterocycles. The minimum absolute atomic E-state index is 0.0864. The van der Waals surface area contributed by atoms with E-state index in [1.54, 1.807) is 76.2 Å². The van der Waals surface area contributed by atoms with E-state index < -0.39 is 34.0 Å². The Labute approximate surface area is 235 Å². The standard InChI is InChI=1S/C30H35N3O6S/c1-21-7-14-26(15-8-21)40(36,37)33(27-16-9-22(2)17-23(27)3)19-28(34)32-31-18-24-10-12-25(13-11-24)38-20-29(35)39-30(4,5)6/h7-18H,19-20H2,1-6H3,(H,32,34)/b31-18-. The van der Waals surface area contributed by atoms with Gasteiger partial charge in [-0.15, -0.1) is 0 Å². The Morgan fingerprint density at radius 1 is 0.925 bits per heavy atom. The average molecular weight is 566 g/mol. The lowest BCUT2D eigenvalue weighted by molar-refractivity contribution is -0.157. The van der Waals surface area contributed by atoms with Crippen LogP contribution in [0.3, 0.4) is 0 Å². The first-order chi connectivity index (χ1) is 18.7. The van der Waals surface area contributed by atoms with Gasteiger partial charge in [0.25, 0.3) is 15.9 Å². The van der Waals surface area contributed by atoms with Crippen molar-refractivity contribution in [1.82, 2.24) is 5.43 Å². The molecule has 0 atom stereocenters. The SMILES string of the molecule is Cc1ccc(S(=O)(=O)N(CC(=O)N/N=C\c2ccc(OCC(=O)OC(C)(C)C)cc2)c2ccc(C)cc2C)cc1. The Bertz CT molecular complexity index is 1480. The molecule has 0 spiro atoms. The van der Waals surface area contributed by atoms with Gasteiger partial charge in [0.05, 0.1) is 16.8 Å². The third-order valence-electron chi connectivity index (χ3n) is 5.58. The molecule has 9 nitrogen and oxygen atoms in total. The number of carbonyl (C=O) groups is 2. The number of hydrazone groups is 1. The quantitative estimate of drug-likeness (QED) is 0.217. The smallest absolute Gasteiger partial charge is 0.344 e. The molecule has 0 aliphatic carbocycles. The molecular weight excluding hydrogens is 530 g/mol. The fourth-order valence-corrected chi connectivity index (χ4v) is 5.22. The summed E-state index contributed by atoms with van der Waals surface area (Å²) in [4.78, 5) is 24.7. The number of hydrogen-bond donors (Lipinski definition) is 1. The molecule has 1 N–H and O–H groups in total. The number of anilines is 1. The van der Waals surface area contributed by atoms with Gasteiger partial charge in [-0.25, -0.2) is 18.6 Å². The number of hydrogen-bond acceptors (Lipinski definition) is 7. The lowest BCUT2D eigenvalue weighted by atomic mass is 10.1. The molecule has 0 fully saturated rings. The predicted molar refractivity (Wildman–Crippen MR) is 155 cm³/mol. The Hall–Kier alpha value is -4.18. The molecule has 1 amide bonds. The average Bonchev–Trinajstić information content (AvgIpc) is 2.86. The first-order valence-corrected chi connectivity index (χ1v) is 14.1. The fourth-order valence-electron chi connectivity index (χ4n) is 3.73. The highest BCUT2D eigenvalue weighted by atomic mass is 32.2. The number of carbonyl (C=O) groups excluding carboxylic acids is 2. The maximum atomic E-state index is 13.6. The molecule has 10 heteroatoms. The van der Waals surface area contributed by atoms with E-state index in [2.05, 4.69) is 10.5 Å². The maximum absolute atomic E-state index is 13.6. The maximum Gasteiger partial charge on any atom is 0.344 e. The summed E-state index contributed by atoms with van der Waals surface area (Å²) >= 11 is 0. The Morgan fingerprint density at radius 3 is 2.15 bits per heavy atom. The second kappa shape index (κ2) is 12.8. The highest BCUT2D eigenvalue weighted by Crippen LogP contribution is 2.27. The second-order valence-corrected chi connectivity index (χ2v) is 12.2. The van der Waals surface area contributed by atoms with E-state index >= 15 is 0 Å². The van der Waals surface area contributed by atoms with Crippen molar-refractivity contribution in [3.05, 3.63) is 89.0 Å². The van der Waals surface area contributed by atoms with Gasteiger partial charge < -0.3 is 9.47 Å². The van der Waals surface area contributed by atoms with Crippen molar-refractivity contribution in [3.63, 3.8) is 0 Å². The third kappa shape index (κ3) is 8.67. The molecule has 212 valence electrons. The summed E-state index contributed by atoms with van der Waals surface area (Å²) in [5, 5.41) is 3.97. The van der Waals surface area contributed by atoms with Crippen LogP contribution >= 0.6 is 0 Å². The number of ether oxygens (including phenoxy) is 2. The topological polar surface area (TPSA) is 114 Å². The van der Waals surface area contributed by atoms with E-state index in [0.717, 1.165) is 21.0 Å². The van der Waals surface area contributed by atoms with Crippen LogP contribution in [0.4, 0.5) is 5.69 Å². The third-order valence-corrected chi connectivity index (χ3v) is 7.35. The summed E-state index contributed by atoms with van der Waals surface area (Å²) < 4.78 is 38.9. The van der Waals surface area contributed by atoms with Gasteiger partial charge in [-0.05, 0) is 95.1 Å². The molecule has 0 unspecified atom stereocenters. The minimum atomic E-state index is -4.03. The van der Waals surface area contributed by atoms with Crippen molar-refractivity contribution < 1.29 is 27.5 Å². The Kier molecular flexibility index (Phi) is 9.70. The number of benzene rings is 3. The molecule has 0 radical (unpaired) electrons. The summed E-state index contributed by atoms with van der Waals surface area (Å²) in [7, 11) is -4.03. The van der Waals surface area contributed by atoms with E-state index in [1.165, 1.54) is 18.3 Å². The van der Waals surface area contributed by atoms with Gasteiger partial charge in [-0.1, -0.05) is 35.4 Å². The molecule has 0 saturated heterocycles. The Morgan fingerprint density at radius 2 is 1.55 bits per heavy atom. The summed E-state index contributed by atoms with van der Waals surface area (Å²) in [6.45, 7) is 10.2. The number of nitrogens with zero attached hydrogens (tertiary/aromatic N) is 2. The first-order valence-electron chi connectivity index (χ1n) is 12.7. The van der Waals surface area contributed by atoms with E-state index in [1.807, 2.05) is 19.9 Å². The van der Waals surface area contributed by atoms with Gasteiger partial charge in [0, 0.05) is 0 Å². The monoisotopic (exact) mass is 565 g/mol. The molecule has 40 heavy (non-hydrogen) atoms. The van der Waals surface area contributed by atoms with Crippen LogP contribution in [0.15, 0.2) is 76.7 Å². The van der Waals surface area contributed by atoms with E-state index in [0.29, 0.717) is 17.0 Å². The van der Waals surface area contributed by atoms with Crippen LogP contribution in [0.25, 0.3) is 0 Å². The van der Waals surface area contributed by atoms with Gasteiger partial charge in [0.15, 0.2) is 6.61 Å². The molecule has 3 aromatic rings. The van der Waals surface area contributed by atoms with Crippen LogP contribution in [-0.2, 0) is 24.3 Å². The summed E-state index contributed by atoms with van der Waals surface area (Å²) in [5.74, 6) is -0.609. The molecule has 0 saturated carbocycles. The van der Waals surface area contributed by atoms with E-state index in [9.17, 15) is 18.0 Å². The predicted octanol–water partition coefficient (Wildman–Crippen LogP) is 4.68. The fraction of sp³-hybridized carbons (Fsp3) is 0.300. The van der Waals surface area contributed by atoms with Gasteiger partial charge >= 0.3 is 5.97 Å². The lowest BCUT2D eigenvalue weighted by Crippen LogP contribution is -2.40. The van der Waals surface area contributed by atoms with E-state index in [-0.39, 0.29) is 11.5 Å². The van der Waals surface area contributed by atoms with Crippen LogP contribution in [-0.4, -0.2) is 45.3 Å². The van der Waals surface area contributed by atoms with Gasteiger partial charge in [-0.3, -0.25) is 9.10 Å². The van der Waals surface area contributed by atoms with Crippen molar-refractivity contribution in [2.75, 3.05) is 17.5 Å². The van der Waals surface area contributed by atoms with Crippen molar-refractivity contribution in [2.45, 2.75) is 52.0 Å². The first kappa shape index (κ1) is 30.4. The second-order valence-electron chi connectivity index (χ2n) is 10.4. The summed E-state index contributed by atoms with van der Waals surface area (Å²) in [6.07, 6.45) is 1.42. The molecule has 3 rings (SSSR count). The van der Waals surface area contributed by atoms with Crippen molar-refractivity contribution >= 4 is 33.8 Å². The number of sulfonamides is 1. The summed E-state index contributed by atoms with van der Waals surface area (Å²) in [6, 6.07) is 18.5. The van der Waals surface area contributed by atoms with Crippen LogP contribution in [0.1, 0.15) is 43.0 Å². The minimum Gasteiger partial charge on any atom is -0.482 e. The number of rotatable bonds is 10. The molecular formula is C30H35N3O6S. The molecule has 0 aromatic heterocycles. The normalized spacial score (nSPS) is 11.8. The zero-order chi connectivity index (χ0) is 29.5. The molecule has 0 aliphatic rings. The number of esters is 1. The van der Waals surface area contributed by atoms with Crippen molar-refractivity contribution in [2.24, 2.45) is 5.10 Å². The largest absolute Gasteiger partial charge is 0.482 e. The highest BCUT2D eigenvalue weighted by Gasteiger charge is 2.28. The van der Waals surface area contributed by atoms with Crippen molar-refractivity contribution in [1.29, 1.82) is 0 Å².